The van der Waals surface area contributed by atoms with Crippen molar-refractivity contribution in [2.24, 2.45) is 0 Å². The molecule has 0 saturated heterocycles. The van der Waals surface area contributed by atoms with Crippen LogP contribution < -0.4 is 5.32 Å². The highest BCUT2D eigenvalue weighted by Gasteiger charge is 2.20. The molecule has 1 atom stereocenters. The molecule has 0 bridgehead atoms. The highest BCUT2D eigenvalue weighted by atomic mass is 16.4. The van der Waals surface area contributed by atoms with Crippen molar-refractivity contribution in [2.45, 2.75) is 39.2 Å². The number of hydrogen-bond acceptors (Lipinski definition) is 2. The van der Waals surface area contributed by atoms with Crippen molar-refractivity contribution in [2.75, 3.05) is 0 Å². The van der Waals surface area contributed by atoms with Crippen LogP contribution in [0.25, 0.3) is 10.9 Å². The van der Waals surface area contributed by atoms with Gasteiger partial charge in [0, 0.05) is 16.6 Å². The molecule has 5 heteroatoms. The molecule has 2 rings (SSSR count). The van der Waals surface area contributed by atoms with Crippen molar-refractivity contribution < 1.29 is 14.7 Å². The minimum absolute atomic E-state index is 0.184. The van der Waals surface area contributed by atoms with Gasteiger partial charge in [0.05, 0.1) is 6.42 Å². The Morgan fingerprint density at radius 3 is 2.71 bits per heavy atom. The van der Waals surface area contributed by atoms with Crippen molar-refractivity contribution in [3.05, 3.63) is 35.5 Å². The van der Waals surface area contributed by atoms with Crippen LogP contribution >= 0.6 is 0 Å². The van der Waals surface area contributed by atoms with Gasteiger partial charge < -0.3 is 15.4 Å². The topological polar surface area (TPSA) is 82.2 Å². The van der Waals surface area contributed by atoms with Crippen LogP contribution in [0.5, 0.6) is 0 Å². The molecular formula is C16H20N2O3. The average Bonchev–Trinajstić information content (AvgIpc) is 2.75. The third-order valence-corrected chi connectivity index (χ3v) is 3.58. The number of hydrogen-bond donors (Lipinski definition) is 3. The van der Waals surface area contributed by atoms with Crippen LogP contribution in [0.15, 0.2) is 24.3 Å². The number of para-hydroxylation sites is 1. The third-order valence-electron chi connectivity index (χ3n) is 3.58. The molecule has 0 unspecified atom stereocenters. The molecule has 0 fully saturated rings. The van der Waals surface area contributed by atoms with Gasteiger partial charge in [-0.2, -0.15) is 0 Å². The number of aromatic amines is 1. The first kappa shape index (κ1) is 15.1. The molecule has 1 aromatic heterocycles. The summed E-state index contributed by atoms with van der Waals surface area (Å²) < 4.78 is 0. The summed E-state index contributed by atoms with van der Waals surface area (Å²) in [5.74, 6) is -1.25. The lowest BCUT2D eigenvalue weighted by atomic mass is 10.1. The molecule has 1 heterocycles. The number of rotatable bonds is 6. The number of aryl methyl sites for hydroxylation is 1. The van der Waals surface area contributed by atoms with Crippen LogP contribution in [0, 0.1) is 6.92 Å². The number of nitrogens with one attached hydrogen (secondary N) is 2. The van der Waals surface area contributed by atoms with Gasteiger partial charge in [0.2, 0.25) is 5.91 Å². The summed E-state index contributed by atoms with van der Waals surface area (Å²) in [7, 11) is 0. The first-order valence-corrected chi connectivity index (χ1v) is 7.11. The fourth-order valence-corrected chi connectivity index (χ4v) is 2.51. The van der Waals surface area contributed by atoms with Crippen LogP contribution in [-0.2, 0) is 16.0 Å². The van der Waals surface area contributed by atoms with Gasteiger partial charge in [-0.3, -0.25) is 4.79 Å². The molecule has 112 valence electrons. The van der Waals surface area contributed by atoms with Crippen molar-refractivity contribution >= 4 is 22.8 Å². The van der Waals surface area contributed by atoms with Crippen molar-refractivity contribution in [3.8, 4) is 0 Å². The van der Waals surface area contributed by atoms with Crippen molar-refractivity contribution in [1.82, 2.24) is 10.3 Å². The van der Waals surface area contributed by atoms with Crippen LogP contribution in [0.1, 0.15) is 31.0 Å². The van der Waals surface area contributed by atoms with E-state index in [4.69, 9.17) is 5.11 Å². The van der Waals surface area contributed by atoms with E-state index in [-0.39, 0.29) is 12.3 Å². The largest absolute Gasteiger partial charge is 0.480 e. The maximum atomic E-state index is 12.1. The molecule has 21 heavy (non-hydrogen) atoms. The van der Waals surface area contributed by atoms with Gasteiger partial charge in [0.15, 0.2) is 0 Å². The number of carboxylic acids is 1. The molecule has 0 saturated carbocycles. The molecule has 0 aliphatic carbocycles. The van der Waals surface area contributed by atoms with E-state index in [1.165, 1.54) is 0 Å². The molecule has 3 N–H and O–H groups in total. The van der Waals surface area contributed by atoms with Gasteiger partial charge in [-0.15, -0.1) is 0 Å². The van der Waals surface area contributed by atoms with Crippen LogP contribution in [0.4, 0.5) is 0 Å². The van der Waals surface area contributed by atoms with E-state index in [9.17, 15) is 9.59 Å². The van der Waals surface area contributed by atoms with Gasteiger partial charge in [-0.25, -0.2) is 4.79 Å². The quantitative estimate of drug-likeness (QED) is 0.763. The lowest BCUT2D eigenvalue weighted by molar-refractivity contribution is -0.141. The first-order valence-electron chi connectivity index (χ1n) is 7.11. The van der Waals surface area contributed by atoms with E-state index < -0.39 is 12.0 Å². The molecule has 1 aromatic carbocycles. The molecular weight excluding hydrogens is 268 g/mol. The Bertz CT molecular complexity index is 661. The predicted octanol–water partition coefficient (Wildman–Crippen LogP) is 2.39. The molecule has 0 radical (unpaired) electrons. The number of aliphatic carboxylic acids is 1. The molecule has 0 aliphatic rings. The maximum absolute atomic E-state index is 12.1. The van der Waals surface area contributed by atoms with Gasteiger partial charge in [0.1, 0.15) is 6.04 Å². The third kappa shape index (κ3) is 3.42. The molecule has 1 amide bonds. The fraction of sp³-hybridized carbons (Fsp3) is 0.375. The summed E-state index contributed by atoms with van der Waals surface area (Å²) in [5, 5.41) is 12.7. The summed E-state index contributed by atoms with van der Waals surface area (Å²) in [4.78, 5) is 26.4. The number of carboxylic acid groups (broad SMARTS) is 1. The van der Waals surface area contributed by atoms with Gasteiger partial charge in [-0.05, 0) is 25.0 Å². The Kier molecular flexibility index (Phi) is 4.62. The number of carbonyl (C=O) groups excluding carboxylic acids is 1. The minimum Gasteiger partial charge on any atom is -0.480 e. The lowest BCUT2D eigenvalue weighted by Crippen LogP contribution is -2.41. The van der Waals surface area contributed by atoms with Crippen LogP contribution in [-0.4, -0.2) is 28.0 Å². The standard InChI is InChI=1S/C16H20N2O3/c1-3-6-14(16(20)21)18-15(19)9-12-10(2)17-13-8-5-4-7-11(12)13/h4-5,7-8,14,17H,3,6,9H2,1-2H3,(H,18,19)(H,20,21)/t14-/m1/s1. The Morgan fingerprint density at radius 1 is 1.33 bits per heavy atom. The highest BCUT2D eigenvalue weighted by Crippen LogP contribution is 2.22. The first-order chi connectivity index (χ1) is 10.0. The van der Waals surface area contributed by atoms with E-state index in [1.807, 2.05) is 38.1 Å². The Balaban J connectivity index is 2.14. The molecule has 0 aliphatic heterocycles. The summed E-state index contributed by atoms with van der Waals surface area (Å²) >= 11 is 0. The SMILES string of the molecule is CCC[C@@H](NC(=O)Cc1c(C)[nH]c2ccccc12)C(=O)O. The van der Waals surface area contributed by atoms with Gasteiger partial charge in [-0.1, -0.05) is 31.5 Å². The van der Waals surface area contributed by atoms with E-state index in [0.717, 1.165) is 22.2 Å². The van der Waals surface area contributed by atoms with Crippen molar-refractivity contribution in [3.63, 3.8) is 0 Å². The van der Waals surface area contributed by atoms with Crippen molar-refractivity contribution in [1.29, 1.82) is 0 Å². The smallest absolute Gasteiger partial charge is 0.326 e. The highest BCUT2D eigenvalue weighted by molar-refractivity contribution is 5.91. The predicted molar refractivity (Wildman–Crippen MR) is 81.2 cm³/mol. The Hall–Kier alpha value is -2.30. The zero-order chi connectivity index (χ0) is 15.4. The Morgan fingerprint density at radius 2 is 2.05 bits per heavy atom. The van der Waals surface area contributed by atoms with E-state index >= 15 is 0 Å². The fourth-order valence-electron chi connectivity index (χ4n) is 2.51. The zero-order valence-electron chi connectivity index (χ0n) is 12.3. The number of H-pyrrole nitrogens is 1. The summed E-state index contributed by atoms with van der Waals surface area (Å²) in [6, 6.07) is 6.97. The van der Waals surface area contributed by atoms with E-state index in [0.29, 0.717) is 12.8 Å². The number of aromatic nitrogens is 1. The minimum atomic E-state index is -0.985. The molecule has 2 aromatic rings. The number of fused-ring (bicyclic) bond motifs is 1. The Labute approximate surface area is 123 Å². The van der Waals surface area contributed by atoms with Gasteiger partial charge >= 0.3 is 5.97 Å². The van der Waals surface area contributed by atoms with Gasteiger partial charge in [0.25, 0.3) is 0 Å². The number of benzene rings is 1. The normalized spacial score (nSPS) is 12.3. The maximum Gasteiger partial charge on any atom is 0.326 e. The molecule has 5 nitrogen and oxygen atoms in total. The zero-order valence-corrected chi connectivity index (χ0v) is 12.3. The lowest BCUT2D eigenvalue weighted by Gasteiger charge is -2.13. The summed E-state index contributed by atoms with van der Waals surface area (Å²) in [5.41, 5.74) is 2.85. The van der Waals surface area contributed by atoms with E-state index in [1.54, 1.807) is 0 Å². The summed E-state index contributed by atoms with van der Waals surface area (Å²) in [6.45, 7) is 3.81. The second-order valence-electron chi connectivity index (χ2n) is 5.20. The monoisotopic (exact) mass is 288 g/mol. The van der Waals surface area contributed by atoms with Crippen LogP contribution in [0.2, 0.25) is 0 Å². The second kappa shape index (κ2) is 6.43. The molecule has 0 spiro atoms. The summed E-state index contributed by atoms with van der Waals surface area (Å²) in [6.07, 6.45) is 1.33. The average molecular weight is 288 g/mol. The second-order valence-corrected chi connectivity index (χ2v) is 5.20. The van der Waals surface area contributed by atoms with E-state index in [2.05, 4.69) is 10.3 Å². The number of carbonyl (C=O) groups is 2. The number of amides is 1. The van der Waals surface area contributed by atoms with Crippen LogP contribution in [0.3, 0.4) is 0 Å².